The van der Waals surface area contributed by atoms with Crippen LogP contribution < -0.4 is 10.2 Å². The normalized spacial score (nSPS) is 22.1. The summed E-state index contributed by atoms with van der Waals surface area (Å²) in [6.45, 7) is 4.90. The maximum Gasteiger partial charge on any atom is 0.416 e. The van der Waals surface area contributed by atoms with Crippen LogP contribution in [0.4, 0.5) is 18.9 Å². The molecule has 0 radical (unpaired) electrons. The van der Waals surface area contributed by atoms with Crippen molar-refractivity contribution in [3.63, 3.8) is 0 Å². The summed E-state index contributed by atoms with van der Waals surface area (Å²) in [4.78, 5) is 18.4. The summed E-state index contributed by atoms with van der Waals surface area (Å²) in [7, 11) is 1.77. The Morgan fingerprint density at radius 1 is 1.19 bits per heavy atom. The van der Waals surface area contributed by atoms with E-state index in [0.29, 0.717) is 31.4 Å². The molecule has 0 aliphatic carbocycles. The third-order valence-electron chi connectivity index (χ3n) is 5.45. The van der Waals surface area contributed by atoms with Crippen LogP contribution in [0.1, 0.15) is 18.4 Å². The first-order valence-electron chi connectivity index (χ1n) is 9.47. The molecule has 27 heavy (non-hydrogen) atoms. The number of halogens is 3. The SMILES string of the molecule is CNCC(=O)N1CCCC(N2CCN(c3cccc(C(F)(F)F)c3)CC2)C1. The molecule has 2 aliphatic heterocycles. The van der Waals surface area contributed by atoms with Crippen LogP contribution in [-0.4, -0.2) is 74.6 Å². The average Bonchev–Trinajstić information content (AvgIpc) is 2.68. The number of hydrogen-bond acceptors (Lipinski definition) is 4. The van der Waals surface area contributed by atoms with Crippen molar-refractivity contribution in [1.29, 1.82) is 0 Å². The van der Waals surface area contributed by atoms with Crippen molar-refractivity contribution in [2.24, 2.45) is 0 Å². The number of carbonyl (C=O) groups is 1. The molecular weight excluding hydrogens is 357 g/mol. The Hall–Kier alpha value is -1.80. The van der Waals surface area contributed by atoms with Gasteiger partial charge < -0.3 is 15.1 Å². The number of benzene rings is 1. The minimum atomic E-state index is -4.32. The largest absolute Gasteiger partial charge is 0.416 e. The monoisotopic (exact) mass is 384 g/mol. The van der Waals surface area contributed by atoms with Gasteiger partial charge >= 0.3 is 6.18 Å². The molecule has 150 valence electrons. The lowest BCUT2D eigenvalue weighted by Gasteiger charge is -2.44. The minimum Gasteiger partial charge on any atom is -0.369 e. The molecule has 1 N–H and O–H groups in total. The van der Waals surface area contributed by atoms with Crippen LogP contribution in [0.5, 0.6) is 0 Å². The number of piperazine rings is 1. The molecule has 2 heterocycles. The second-order valence-corrected chi connectivity index (χ2v) is 7.24. The lowest BCUT2D eigenvalue weighted by molar-refractivity contribution is -0.137. The fourth-order valence-corrected chi connectivity index (χ4v) is 3.97. The van der Waals surface area contributed by atoms with E-state index in [1.165, 1.54) is 12.1 Å². The van der Waals surface area contributed by atoms with E-state index >= 15 is 0 Å². The Balaban J connectivity index is 1.57. The van der Waals surface area contributed by atoms with Gasteiger partial charge in [0.25, 0.3) is 0 Å². The van der Waals surface area contributed by atoms with Gasteiger partial charge in [-0.2, -0.15) is 13.2 Å². The molecule has 0 bridgehead atoms. The fraction of sp³-hybridized carbons (Fsp3) is 0.632. The zero-order valence-electron chi connectivity index (χ0n) is 15.6. The van der Waals surface area contributed by atoms with Crippen molar-refractivity contribution in [2.45, 2.75) is 25.1 Å². The predicted molar refractivity (Wildman–Crippen MR) is 98.8 cm³/mol. The second-order valence-electron chi connectivity index (χ2n) is 7.24. The number of carbonyl (C=O) groups excluding carboxylic acids is 1. The highest BCUT2D eigenvalue weighted by molar-refractivity contribution is 5.78. The van der Waals surface area contributed by atoms with E-state index in [-0.39, 0.29) is 5.91 Å². The zero-order valence-corrected chi connectivity index (χ0v) is 15.6. The minimum absolute atomic E-state index is 0.129. The molecule has 1 aromatic carbocycles. The highest BCUT2D eigenvalue weighted by Gasteiger charge is 2.32. The van der Waals surface area contributed by atoms with Crippen LogP contribution in [0.15, 0.2) is 24.3 Å². The molecule has 0 saturated carbocycles. The Morgan fingerprint density at radius 2 is 1.93 bits per heavy atom. The molecule has 1 amide bonds. The van der Waals surface area contributed by atoms with Crippen molar-refractivity contribution in [3.8, 4) is 0 Å². The summed E-state index contributed by atoms with van der Waals surface area (Å²) in [6.07, 6.45) is -2.26. The molecule has 2 saturated heterocycles. The highest BCUT2D eigenvalue weighted by Crippen LogP contribution is 2.32. The number of piperidine rings is 1. The molecule has 0 spiro atoms. The summed E-state index contributed by atoms with van der Waals surface area (Å²) in [5.74, 6) is 0.129. The molecule has 2 aliphatic rings. The van der Waals surface area contributed by atoms with Gasteiger partial charge in [-0.3, -0.25) is 9.69 Å². The number of nitrogens with one attached hydrogen (secondary N) is 1. The van der Waals surface area contributed by atoms with Gasteiger partial charge in [0, 0.05) is 51.0 Å². The number of likely N-dealkylation sites (N-methyl/N-ethyl adjacent to an activating group) is 1. The predicted octanol–water partition coefficient (Wildman–Crippen LogP) is 2.04. The molecule has 1 unspecified atom stereocenters. The molecule has 2 fully saturated rings. The summed E-state index contributed by atoms with van der Waals surface area (Å²) < 4.78 is 38.8. The highest BCUT2D eigenvalue weighted by atomic mass is 19.4. The van der Waals surface area contributed by atoms with E-state index in [1.54, 1.807) is 13.1 Å². The van der Waals surface area contributed by atoms with E-state index in [4.69, 9.17) is 0 Å². The molecule has 1 atom stereocenters. The third kappa shape index (κ3) is 4.93. The molecule has 1 aromatic rings. The van der Waals surface area contributed by atoms with E-state index in [2.05, 4.69) is 10.2 Å². The standard InChI is InChI=1S/C19H27F3N4O/c1-23-13-18(27)26-7-3-6-17(14-26)25-10-8-24(9-11-25)16-5-2-4-15(12-16)19(20,21)22/h2,4-5,12,17,23H,3,6-11,13-14H2,1H3. The van der Waals surface area contributed by atoms with E-state index in [9.17, 15) is 18.0 Å². The van der Waals surface area contributed by atoms with Crippen LogP contribution in [0.3, 0.4) is 0 Å². The van der Waals surface area contributed by atoms with E-state index in [0.717, 1.165) is 45.1 Å². The zero-order chi connectivity index (χ0) is 19.4. The number of nitrogens with zero attached hydrogens (tertiary/aromatic N) is 3. The number of hydrogen-bond donors (Lipinski definition) is 1. The van der Waals surface area contributed by atoms with Gasteiger partial charge in [0.05, 0.1) is 12.1 Å². The molecule has 3 rings (SSSR count). The lowest BCUT2D eigenvalue weighted by atomic mass is 10.0. The van der Waals surface area contributed by atoms with Crippen LogP contribution >= 0.6 is 0 Å². The number of rotatable bonds is 4. The van der Waals surface area contributed by atoms with Crippen molar-refractivity contribution in [1.82, 2.24) is 15.1 Å². The van der Waals surface area contributed by atoms with Crippen LogP contribution in [0.2, 0.25) is 0 Å². The molecule has 8 heteroatoms. The van der Waals surface area contributed by atoms with Crippen molar-refractivity contribution in [2.75, 3.05) is 57.8 Å². The Labute approximate surface area is 158 Å². The average molecular weight is 384 g/mol. The topological polar surface area (TPSA) is 38.8 Å². The quantitative estimate of drug-likeness (QED) is 0.862. The third-order valence-corrected chi connectivity index (χ3v) is 5.45. The number of anilines is 1. The van der Waals surface area contributed by atoms with E-state index in [1.807, 2.05) is 9.80 Å². The summed E-state index contributed by atoms with van der Waals surface area (Å²) in [6, 6.07) is 5.89. The molecular formula is C19H27F3N4O. The smallest absolute Gasteiger partial charge is 0.369 e. The van der Waals surface area contributed by atoms with Gasteiger partial charge in [-0.15, -0.1) is 0 Å². The van der Waals surface area contributed by atoms with Crippen LogP contribution in [-0.2, 0) is 11.0 Å². The van der Waals surface area contributed by atoms with E-state index < -0.39 is 11.7 Å². The van der Waals surface area contributed by atoms with Crippen molar-refractivity contribution in [3.05, 3.63) is 29.8 Å². The number of amides is 1. The first-order chi connectivity index (χ1) is 12.9. The maximum atomic E-state index is 12.9. The van der Waals surface area contributed by atoms with Gasteiger partial charge in [-0.1, -0.05) is 6.07 Å². The number of likely N-dealkylation sites (tertiary alicyclic amines) is 1. The Bertz CT molecular complexity index is 644. The summed E-state index contributed by atoms with van der Waals surface area (Å²) in [5.41, 5.74) is 0.0207. The summed E-state index contributed by atoms with van der Waals surface area (Å²) in [5, 5.41) is 2.91. The first kappa shape index (κ1) is 19.9. The Kier molecular flexibility index (Phi) is 6.26. The van der Waals surface area contributed by atoms with Crippen molar-refractivity contribution < 1.29 is 18.0 Å². The van der Waals surface area contributed by atoms with Gasteiger partial charge in [0.1, 0.15) is 0 Å². The van der Waals surface area contributed by atoms with Gasteiger partial charge in [0.15, 0.2) is 0 Å². The van der Waals surface area contributed by atoms with Crippen molar-refractivity contribution >= 4 is 11.6 Å². The maximum absolute atomic E-state index is 12.9. The first-order valence-corrected chi connectivity index (χ1v) is 9.47. The summed E-state index contributed by atoms with van der Waals surface area (Å²) >= 11 is 0. The van der Waals surface area contributed by atoms with Gasteiger partial charge in [-0.05, 0) is 38.1 Å². The molecule has 0 aromatic heterocycles. The lowest BCUT2D eigenvalue weighted by Crippen LogP contribution is -2.56. The fourth-order valence-electron chi connectivity index (χ4n) is 3.97. The van der Waals surface area contributed by atoms with Crippen LogP contribution in [0.25, 0.3) is 0 Å². The van der Waals surface area contributed by atoms with Crippen LogP contribution in [0, 0.1) is 0 Å². The molecule has 5 nitrogen and oxygen atoms in total. The second kappa shape index (κ2) is 8.48. The van der Waals surface area contributed by atoms with Gasteiger partial charge in [-0.25, -0.2) is 0 Å². The number of alkyl halides is 3. The van der Waals surface area contributed by atoms with Gasteiger partial charge in [0.2, 0.25) is 5.91 Å². The Morgan fingerprint density at radius 3 is 2.59 bits per heavy atom.